The lowest BCUT2D eigenvalue weighted by molar-refractivity contribution is 0.0378. The summed E-state index contributed by atoms with van der Waals surface area (Å²) in [6.45, 7) is 7.22. The molecule has 0 amide bonds. The molecule has 0 aliphatic carbocycles. The van der Waals surface area contributed by atoms with Crippen molar-refractivity contribution in [3.63, 3.8) is 0 Å². The molecule has 5 nitrogen and oxygen atoms in total. The highest BCUT2D eigenvalue weighted by Crippen LogP contribution is 2.27. The van der Waals surface area contributed by atoms with Crippen LogP contribution in [-0.4, -0.2) is 49.3 Å². The predicted molar refractivity (Wildman–Crippen MR) is 95.7 cm³/mol. The Bertz CT molecular complexity index is 514. The van der Waals surface area contributed by atoms with Gasteiger partial charge in [0, 0.05) is 6.04 Å². The molecule has 1 atom stereocenters. The Labute approximate surface area is 145 Å². The zero-order valence-corrected chi connectivity index (χ0v) is 15.5. The number of rotatable bonds is 10. The molecule has 0 heterocycles. The zero-order chi connectivity index (χ0) is 18.1. The van der Waals surface area contributed by atoms with Crippen LogP contribution in [0.1, 0.15) is 50.4 Å². The van der Waals surface area contributed by atoms with Crippen molar-refractivity contribution in [3.05, 3.63) is 23.8 Å². The van der Waals surface area contributed by atoms with Crippen LogP contribution in [0.15, 0.2) is 18.2 Å². The van der Waals surface area contributed by atoms with Gasteiger partial charge in [-0.25, -0.2) is 4.79 Å². The lowest BCUT2D eigenvalue weighted by Crippen LogP contribution is -2.34. The first-order chi connectivity index (χ1) is 11.3. The first-order valence-electron chi connectivity index (χ1n) is 8.64. The minimum absolute atomic E-state index is 0.0358. The quantitative estimate of drug-likeness (QED) is 0.521. The monoisotopic (exact) mass is 337 g/mol. The summed E-state index contributed by atoms with van der Waals surface area (Å²) in [6.07, 6.45) is 2.86. The summed E-state index contributed by atoms with van der Waals surface area (Å²) in [5, 5.41) is 9.82. The molecule has 0 saturated carbocycles. The standard InChI is InChI=1S/C19H31NO4/c1-6-7-10-23-18-12-15(8-9-17(18)21)19(22)24-13-16(20(4)5)11-14(2)3/h8-9,12,14,16,21H,6-7,10-11,13H2,1-5H3/t16-/m0/s1. The molecule has 0 radical (unpaired) electrons. The number of hydrogen-bond donors (Lipinski definition) is 1. The molecule has 0 aliphatic heterocycles. The van der Waals surface area contributed by atoms with Crippen molar-refractivity contribution in [2.45, 2.75) is 46.1 Å². The third-order valence-corrected chi connectivity index (χ3v) is 3.83. The number of benzene rings is 1. The number of unbranched alkanes of at least 4 members (excludes halogenated alkanes) is 1. The molecule has 136 valence electrons. The van der Waals surface area contributed by atoms with E-state index in [-0.39, 0.29) is 11.8 Å². The molecule has 1 aromatic rings. The van der Waals surface area contributed by atoms with E-state index in [1.165, 1.54) is 6.07 Å². The first-order valence-corrected chi connectivity index (χ1v) is 8.64. The van der Waals surface area contributed by atoms with E-state index >= 15 is 0 Å². The maximum absolute atomic E-state index is 12.3. The van der Waals surface area contributed by atoms with Crippen LogP contribution >= 0.6 is 0 Å². The Morgan fingerprint density at radius 2 is 2.00 bits per heavy atom. The number of carbonyl (C=O) groups is 1. The summed E-state index contributed by atoms with van der Waals surface area (Å²) in [6, 6.07) is 4.75. The fraction of sp³-hybridized carbons (Fsp3) is 0.632. The number of hydrogen-bond acceptors (Lipinski definition) is 5. The van der Waals surface area contributed by atoms with E-state index in [1.807, 2.05) is 14.1 Å². The van der Waals surface area contributed by atoms with Crippen molar-refractivity contribution in [3.8, 4) is 11.5 Å². The Balaban J connectivity index is 2.68. The lowest BCUT2D eigenvalue weighted by Gasteiger charge is -2.25. The summed E-state index contributed by atoms with van der Waals surface area (Å²) >= 11 is 0. The van der Waals surface area contributed by atoms with Gasteiger partial charge in [0.15, 0.2) is 11.5 Å². The summed E-state index contributed by atoms with van der Waals surface area (Å²) < 4.78 is 11.0. The molecule has 1 aromatic carbocycles. The number of likely N-dealkylation sites (N-methyl/N-ethyl adjacent to an activating group) is 1. The van der Waals surface area contributed by atoms with Gasteiger partial charge < -0.3 is 19.5 Å². The molecule has 24 heavy (non-hydrogen) atoms. The van der Waals surface area contributed by atoms with E-state index in [9.17, 15) is 9.90 Å². The van der Waals surface area contributed by atoms with Gasteiger partial charge >= 0.3 is 5.97 Å². The molecule has 0 saturated heterocycles. The van der Waals surface area contributed by atoms with E-state index < -0.39 is 5.97 Å². The van der Waals surface area contributed by atoms with Crippen LogP contribution in [0.5, 0.6) is 11.5 Å². The number of aromatic hydroxyl groups is 1. The van der Waals surface area contributed by atoms with Crippen LogP contribution in [0.3, 0.4) is 0 Å². The van der Waals surface area contributed by atoms with E-state index in [0.717, 1.165) is 19.3 Å². The number of carbonyl (C=O) groups excluding carboxylic acids is 1. The maximum atomic E-state index is 12.3. The third kappa shape index (κ3) is 6.79. The topological polar surface area (TPSA) is 59.0 Å². The van der Waals surface area contributed by atoms with Crippen molar-refractivity contribution in [1.29, 1.82) is 0 Å². The average Bonchev–Trinajstić information content (AvgIpc) is 2.52. The minimum atomic E-state index is -0.397. The van der Waals surface area contributed by atoms with Gasteiger partial charge in [-0.2, -0.15) is 0 Å². The average molecular weight is 337 g/mol. The normalized spacial score (nSPS) is 12.5. The molecule has 0 unspecified atom stereocenters. The van der Waals surface area contributed by atoms with Crippen molar-refractivity contribution in [1.82, 2.24) is 4.90 Å². The Kier molecular flexibility index (Phi) is 8.61. The van der Waals surface area contributed by atoms with Crippen LogP contribution in [0.4, 0.5) is 0 Å². The largest absolute Gasteiger partial charge is 0.504 e. The van der Waals surface area contributed by atoms with Gasteiger partial charge in [0.2, 0.25) is 0 Å². The van der Waals surface area contributed by atoms with Gasteiger partial charge in [-0.15, -0.1) is 0 Å². The van der Waals surface area contributed by atoms with Crippen molar-refractivity contribution >= 4 is 5.97 Å². The molecule has 0 aliphatic rings. The van der Waals surface area contributed by atoms with Gasteiger partial charge in [0.05, 0.1) is 12.2 Å². The van der Waals surface area contributed by atoms with Gasteiger partial charge in [-0.05, 0) is 51.1 Å². The second-order valence-corrected chi connectivity index (χ2v) is 6.73. The third-order valence-electron chi connectivity index (χ3n) is 3.83. The zero-order valence-electron chi connectivity index (χ0n) is 15.5. The Hall–Kier alpha value is -1.75. The number of phenolic OH excluding ortho intramolecular Hbond substituents is 1. The summed E-state index contributed by atoms with van der Waals surface area (Å²) in [5.41, 5.74) is 0.390. The molecule has 0 fully saturated rings. The lowest BCUT2D eigenvalue weighted by atomic mass is 10.0. The second kappa shape index (κ2) is 10.2. The summed E-state index contributed by atoms with van der Waals surface area (Å²) in [7, 11) is 3.97. The molecule has 5 heteroatoms. The summed E-state index contributed by atoms with van der Waals surface area (Å²) in [5.74, 6) is 0.493. The fourth-order valence-electron chi connectivity index (χ4n) is 2.31. The van der Waals surface area contributed by atoms with Crippen LogP contribution in [0, 0.1) is 5.92 Å². The van der Waals surface area contributed by atoms with Crippen LogP contribution < -0.4 is 4.74 Å². The molecule has 0 aromatic heterocycles. The van der Waals surface area contributed by atoms with E-state index in [0.29, 0.717) is 30.4 Å². The number of phenols is 1. The van der Waals surface area contributed by atoms with Crippen LogP contribution in [0.25, 0.3) is 0 Å². The number of ether oxygens (including phenoxy) is 2. The molecular weight excluding hydrogens is 306 g/mol. The van der Waals surface area contributed by atoms with Gasteiger partial charge in [-0.3, -0.25) is 0 Å². The predicted octanol–water partition coefficient (Wildman–Crippen LogP) is 3.70. The van der Waals surface area contributed by atoms with E-state index in [4.69, 9.17) is 9.47 Å². The van der Waals surface area contributed by atoms with E-state index in [2.05, 4.69) is 25.7 Å². The Morgan fingerprint density at radius 1 is 1.29 bits per heavy atom. The van der Waals surface area contributed by atoms with Gasteiger partial charge in [0.1, 0.15) is 6.61 Å². The van der Waals surface area contributed by atoms with Gasteiger partial charge in [0.25, 0.3) is 0 Å². The van der Waals surface area contributed by atoms with Crippen LogP contribution in [-0.2, 0) is 4.74 Å². The highest BCUT2D eigenvalue weighted by molar-refractivity contribution is 5.90. The Morgan fingerprint density at radius 3 is 2.58 bits per heavy atom. The van der Waals surface area contributed by atoms with E-state index in [1.54, 1.807) is 12.1 Å². The molecule has 1 N–H and O–H groups in total. The summed E-state index contributed by atoms with van der Waals surface area (Å²) in [4.78, 5) is 14.3. The molecule has 0 bridgehead atoms. The molecule has 1 rings (SSSR count). The molecule has 0 spiro atoms. The van der Waals surface area contributed by atoms with Crippen molar-refractivity contribution < 1.29 is 19.4 Å². The van der Waals surface area contributed by atoms with Crippen molar-refractivity contribution in [2.75, 3.05) is 27.3 Å². The van der Waals surface area contributed by atoms with Crippen LogP contribution in [0.2, 0.25) is 0 Å². The first kappa shape index (κ1) is 20.3. The highest BCUT2D eigenvalue weighted by atomic mass is 16.5. The molecular formula is C19H31NO4. The highest BCUT2D eigenvalue weighted by Gasteiger charge is 2.17. The van der Waals surface area contributed by atoms with Gasteiger partial charge in [-0.1, -0.05) is 27.2 Å². The SMILES string of the molecule is CCCCOc1cc(C(=O)OC[C@H](CC(C)C)N(C)C)ccc1O. The minimum Gasteiger partial charge on any atom is -0.504 e. The smallest absolute Gasteiger partial charge is 0.338 e. The number of nitrogens with zero attached hydrogens (tertiary/aromatic N) is 1. The van der Waals surface area contributed by atoms with Crippen molar-refractivity contribution in [2.24, 2.45) is 5.92 Å². The fourth-order valence-corrected chi connectivity index (χ4v) is 2.31. The second-order valence-electron chi connectivity index (χ2n) is 6.73. The maximum Gasteiger partial charge on any atom is 0.338 e. The number of esters is 1.